The monoisotopic (exact) mass is 473 g/mol. The summed E-state index contributed by atoms with van der Waals surface area (Å²) < 4.78 is 10.4. The summed E-state index contributed by atoms with van der Waals surface area (Å²) in [4.78, 5) is 11.7. The fraction of sp³-hybridized carbons (Fsp3) is 0.963. The van der Waals surface area contributed by atoms with Crippen molar-refractivity contribution in [3.63, 3.8) is 0 Å². The number of nitrogens with one attached hydrogen (secondary N) is 1. The average molecular weight is 474 g/mol. The van der Waals surface area contributed by atoms with Crippen LogP contribution in [0, 0.1) is 0 Å². The van der Waals surface area contributed by atoms with Gasteiger partial charge in [0.25, 0.3) is 0 Å². The van der Waals surface area contributed by atoms with Crippen LogP contribution in [0.3, 0.4) is 0 Å². The van der Waals surface area contributed by atoms with E-state index in [4.69, 9.17) is 19.7 Å². The van der Waals surface area contributed by atoms with Gasteiger partial charge < -0.3 is 25.0 Å². The highest BCUT2D eigenvalue weighted by Crippen LogP contribution is 2.14. The zero-order chi connectivity index (χ0) is 24.1. The third-order valence-electron chi connectivity index (χ3n) is 5.98. The fourth-order valence-electron chi connectivity index (χ4n) is 4.00. The van der Waals surface area contributed by atoms with Crippen molar-refractivity contribution in [1.82, 2.24) is 5.32 Å². The molecule has 0 fully saturated rings. The Balaban J connectivity index is 3.08. The molecule has 0 rings (SSSR count). The SMILES string of the molecule is O=C(CCCCCCCCCCCCCCCCCCCCOCCO)NCCOCCO. The number of hydrogen-bond donors (Lipinski definition) is 3. The van der Waals surface area contributed by atoms with Crippen LogP contribution < -0.4 is 5.32 Å². The highest BCUT2D eigenvalue weighted by atomic mass is 16.5. The second kappa shape index (κ2) is 29.3. The molecule has 0 spiro atoms. The van der Waals surface area contributed by atoms with Gasteiger partial charge in [0.15, 0.2) is 0 Å². The maximum Gasteiger partial charge on any atom is 0.220 e. The first-order valence-corrected chi connectivity index (χ1v) is 13.9. The molecule has 33 heavy (non-hydrogen) atoms. The molecule has 1 amide bonds. The first-order valence-electron chi connectivity index (χ1n) is 13.9. The van der Waals surface area contributed by atoms with E-state index in [1.54, 1.807) is 0 Å². The Kier molecular flexibility index (Phi) is 28.7. The van der Waals surface area contributed by atoms with E-state index in [0.29, 0.717) is 32.8 Å². The molecular weight excluding hydrogens is 418 g/mol. The number of rotatable bonds is 28. The number of carbonyl (C=O) groups excluding carboxylic acids is 1. The van der Waals surface area contributed by atoms with Gasteiger partial charge in [-0.2, -0.15) is 0 Å². The summed E-state index contributed by atoms with van der Waals surface area (Å²) in [6, 6.07) is 0. The molecule has 0 atom stereocenters. The van der Waals surface area contributed by atoms with Crippen LogP contribution in [0.15, 0.2) is 0 Å². The lowest BCUT2D eigenvalue weighted by molar-refractivity contribution is -0.121. The second-order valence-electron chi connectivity index (χ2n) is 9.14. The lowest BCUT2D eigenvalue weighted by Gasteiger charge is -2.06. The quantitative estimate of drug-likeness (QED) is 0.130. The minimum Gasteiger partial charge on any atom is -0.394 e. The summed E-state index contributed by atoms with van der Waals surface area (Å²) in [6.07, 6.45) is 24.2. The average Bonchev–Trinajstić information content (AvgIpc) is 2.82. The van der Waals surface area contributed by atoms with Crippen molar-refractivity contribution in [2.75, 3.05) is 46.2 Å². The minimum absolute atomic E-state index is 0.0284. The summed E-state index contributed by atoms with van der Waals surface area (Å²) in [5.41, 5.74) is 0. The number of unbranched alkanes of at least 4 members (excludes halogenated alkanes) is 17. The van der Waals surface area contributed by atoms with Crippen molar-refractivity contribution >= 4 is 5.91 Å². The second-order valence-corrected chi connectivity index (χ2v) is 9.14. The Morgan fingerprint density at radius 2 is 0.848 bits per heavy atom. The van der Waals surface area contributed by atoms with E-state index >= 15 is 0 Å². The molecule has 6 nitrogen and oxygen atoms in total. The molecule has 0 aliphatic heterocycles. The van der Waals surface area contributed by atoms with E-state index in [1.807, 2.05) is 0 Å². The van der Waals surface area contributed by atoms with E-state index in [0.717, 1.165) is 25.9 Å². The van der Waals surface area contributed by atoms with Crippen molar-refractivity contribution in [3.8, 4) is 0 Å². The third kappa shape index (κ3) is 29.3. The molecule has 0 saturated carbocycles. The van der Waals surface area contributed by atoms with Gasteiger partial charge in [-0.1, -0.05) is 103 Å². The standard InChI is InChI=1S/C27H55NO5/c29-21-25-32-23-18-16-14-12-10-8-6-4-2-1-3-5-7-9-11-13-15-17-19-27(31)28-20-24-33-26-22-30/h29-30H,1-26H2,(H,28,31). The Bertz CT molecular complexity index is 382. The zero-order valence-corrected chi connectivity index (χ0v) is 21.5. The number of amides is 1. The summed E-state index contributed by atoms with van der Waals surface area (Å²) in [5, 5.41) is 20.1. The maximum atomic E-state index is 11.7. The van der Waals surface area contributed by atoms with Crippen LogP contribution >= 0.6 is 0 Å². The van der Waals surface area contributed by atoms with Crippen molar-refractivity contribution < 1.29 is 24.5 Å². The molecule has 0 aromatic rings. The fourth-order valence-corrected chi connectivity index (χ4v) is 4.00. The highest BCUT2D eigenvalue weighted by Gasteiger charge is 2.00. The van der Waals surface area contributed by atoms with E-state index < -0.39 is 0 Å². The van der Waals surface area contributed by atoms with Crippen LogP contribution in [0.1, 0.15) is 122 Å². The van der Waals surface area contributed by atoms with E-state index in [2.05, 4.69) is 5.32 Å². The Morgan fingerprint density at radius 3 is 1.27 bits per heavy atom. The Labute approximate surface area is 204 Å². The van der Waals surface area contributed by atoms with Gasteiger partial charge in [0, 0.05) is 19.6 Å². The predicted molar refractivity (Wildman–Crippen MR) is 137 cm³/mol. The number of aliphatic hydroxyl groups is 2. The van der Waals surface area contributed by atoms with Gasteiger partial charge in [0.2, 0.25) is 5.91 Å². The van der Waals surface area contributed by atoms with Crippen LogP contribution in [0.25, 0.3) is 0 Å². The van der Waals surface area contributed by atoms with Crippen molar-refractivity contribution in [3.05, 3.63) is 0 Å². The largest absolute Gasteiger partial charge is 0.394 e. The van der Waals surface area contributed by atoms with Crippen LogP contribution in [0.5, 0.6) is 0 Å². The van der Waals surface area contributed by atoms with E-state index in [9.17, 15) is 4.79 Å². The van der Waals surface area contributed by atoms with Gasteiger partial charge in [-0.15, -0.1) is 0 Å². The smallest absolute Gasteiger partial charge is 0.220 e. The molecule has 198 valence electrons. The lowest BCUT2D eigenvalue weighted by Crippen LogP contribution is -2.27. The molecule has 0 radical (unpaired) electrons. The normalized spacial score (nSPS) is 11.2. The van der Waals surface area contributed by atoms with Crippen LogP contribution in [-0.4, -0.2) is 62.3 Å². The molecule has 0 saturated heterocycles. The molecule has 0 aromatic heterocycles. The van der Waals surface area contributed by atoms with Crippen LogP contribution in [-0.2, 0) is 14.3 Å². The summed E-state index contributed by atoms with van der Waals surface area (Å²) in [5.74, 6) is 0.111. The molecule has 0 unspecified atom stereocenters. The lowest BCUT2D eigenvalue weighted by atomic mass is 10.0. The molecule has 0 bridgehead atoms. The topological polar surface area (TPSA) is 88.0 Å². The first-order chi connectivity index (χ1) is 16.3. The van der Waals surface area contributed by atoms with E-state index in [1.165, 1.54) is 96.3 Å². The maximum absolute atomic E-state index is 11.7. The molecular formula is C27H55NO5. The van der Waals surface area contributed by atoms with Gasteiger partial charge in [0.1, 0.15) is 0 Å². The van der Waals surface area contributed by atoms with Gasteiger partial charge in [0.05, 0.1) is 33.0 Å². The molecule has 0 aliphatic carbocycles. The summed E-state index contributed by atoms with van der Waals surface area (Å²) in [6.45, 7) is 2.78. The van der Waals surface area contributed by atoms with Gasteiger partial charge in [-0.25, -0.2) is 0 Å². The first kappa shape index (κ1) is 32.3. The van der Waals surface area contributed by atoms with Gasteiger partial charge in [-0.3, -0.25) is 4.79 Å². The molecule has 0 heterocycles. The molecule has 6 heteroatoms. The third-order valence-corrected chi connectivity index (χ3v) is 5.98. The number of hydrogen-bond acceptors (Lipinski definition) is 5. The van der Waals surface area contributed by atoms with Crippen molar-refractivity contribution in [2.24, 2.45) is 0 Å². The zero-order valence-electron chi connectivity index (χ0n) is 21.5. The van der Waals surface area contributed by atoms with Crippen LogP contribution in [0.2, 0.25) is 0 Å². The summed E-state index contributed by atoms with van der Waals surface area (Å²) in [7, 11) is 0. The molecule has 0 aliphatic rings. The Morgan fingerprint density at radius 1 is 0.485 bits per heavy atom. The highest BCUT2D eigenvalue weighted by molar-refractivity contribution is 5.75. The number of carbonyl (C=O) groups is 1. The van der Waals surface area contributed by atoms with Gasteiger partial charge in [-0.05, 0) is 12.8 Å². The molecule has 0 aromatic carbocycles. The van der Waals surface area contributed by atoms with Crippen molar-refractivity contribution in [2.45, 2.75) is 122 Å². The van der Waals surface area contributed by atoms with Crippen LogP contribution in [0.4, 0.5) is 0 Å². The minimum atomic E-state index is 0.0284. The van der Waals surface area contributed by atoms with Crippen molar-refractivity contribution in [1.29, 1.82) is 0 Å². The molecule has 3 N–H and O–H groups in total. The summed E-state index contributed by atoms with van der Waals surface area (Å²) >= 11 is 0. The Hall–Kier alpha value is -0.690. The van der Waals surface area contributed by atoms with E-state index in [-0.39, 0.29) is 19.1 Å². The predicted octanol–water partition coefficient (Wildman–Crippen LogP) is 5.53. The number of aliphatic hydroxyl groups excluding tert-OH is 2. The number of ether oxygens (including phenoxy) is 2. The van der Waals surface area contributed by atoms with Gasteiger partial charge >= 0.3 is 0 Å².